The lowest BCUT2D eigenvalue weighted by molar-refractivity contribution is 0.198. The number of nitrogens with two attached hydrogens (primary N) is 1. The second-order valence-electron chi connectivity index (χ2n) is 2.86. The predicted molar refractivity (Wildman–Crippen MR) is 58.6 cm³/mol. The van der Waals surface area contributed by atoms with Crippen molar-refractivity contribution in [3.05, 3.63) is 17.3 Å². The molecule has 4 nitrogen and oxygen atoms in total. The molecule has 0 bridgehead atoms. The highest BCUT2D eigenvalue weighted by Crippen LogP contribution is 2.18. The lowest BCUT2D eigenvalue weighted by Gasteiger charge is -2.07. The van der Waals surface area contributed by atoms with Crippen LogP contribution < -0.4 is 11.1 Å². The fourth-order valence-corrected chi connectivity index (χ4v) is 1.19. The lowest BCUT2D eigenvalue weighted by atomic mass is 10.3. The van der Waals surface area contributed by atoms with Crippen LogP contribution in [0.3, 0.4) is 0 Å². The summed E-state index contributed by atoms with van der Waals surface area (Å²) in [6.45, 7) is 1.51. The molecule has 14 heavy (non-hydrogen) atoms. The molecule has 0 saturated carbocycles. The molecule has 1 aromatic rings. The molecule has 1 rings (SSSR count). The quantitative estimate of drug-likeness (QED) is 0.735. The molecule has 0 aliphatic heterocycles. The van der Waals surface area contributed by atoms with Gasteiger partial charge >= 0.3 is 0 Å². The van der Waals surface area contributed by atoms with Gasteiger partial charge in [-0.3, -0.25) is 0 Å². The average molecular weight is 216 g/mol. The molecule has 0 amide bonds. The van der Waals surface area contributed by atoms with Crippen molar-refractivity contribution in [3.8, 4) is 0 Å². The van der Waals surface area contributed by atoms with Gasteiger partial charge in [0.1, 0.15) is 5.82 Å². The molecular formula is C9H14ClN3O. The van der Waals surface area contributed by atoms with E-state index in [-0.39, 0.29) is 0 Å². The number of nitrogen functional groups attached to an aromatic ring is 1. The van der Waals surface area contributed by atoms with E-state index < -0.39 is 0 Å². The van der Waals surface area contributed by atoms with Gasteiger partial charge in [0.25, 0.3) is 0 Å². The summed E-state index contributed by atoms with van der Waals surface area (Å²) in [5.74, 6) is 0.672. The number of anilines is 2. The van der Waals surface area contributed by atoms with Gasteiger partial charge < -0.3 is 15.8 Å². The fourth-order valence-electron chi connectivity index (χ4n) is 1.03. The molecule has 0 aromatic carbocycles. The first kappa shape index (κ1) is 11.1. The average Bonchev–Trinajstić information content (AvgIpc) is 2.15. The van der Waals surface area contributed by atoms with Gasteiger partial charge in [-0.25, -0.2) is 4.98 Å². The molecule has 0 aliphatic rings. The Hall–Kier alpha value is -1.00. The molecule has 0 spiro atoms. The number of pyridine rings is 1. The van der Waals surface area contributed by atoms with Crippen molar-refractivity contribution in [2.45, 2.75) is 6.42 Å². The molecule has 5 heteroatoms. The number of halogens is 1. The van der Waals surface area contributed by atoms with Crippen molar-refractivity contribution in [3.63, 3.8) is 0 Å². The number of ether oxygens (including phenoxy) is 1. The third kappa shape index (κ3) is 3.40. The number of hydrogen-bond acceptors (Lipinski definition) is 4. The van der Waals surface area contributed by atoms with E-state index in [9.17, 15) is 0 Å². The van der Waals surface area contributed by atoms with E-state index in [0.717, 1.165) is 19.6 Å². The fraction of sp³-hybridized carbons (Fsp3) is 0.444. The molecule has 0 radical (unpaired) electrons. The van der Waals surface area contributed by atoms with E-state index in [1.807, 2.05) is 0 Å². The zero-order valence-corrected chi connectivity index (χ0v) is 8.84. The second kappa shape index (κ2) is 5.67. The standard InChI is InChI=1S/C9H14ClN3O/c1-14-4-2-3-12-9-8(11)5-7(10)6-13-9/h5-6H,2-4,11H2,1H3,(H,12,13). The predicted octanol–water partition coefficient (Wildman–Crippen LogP) is 1.77. The van der Waals surface area contributed by atoms with Crippen molar-refractivity contribution in [2.24, 2.45) is 0 Å². The van der Waals surface area contributed by atoms with Crippen LogP contribution in [0.2, 0.25) is 5.02 Å². The summed E-state index contributed by atoms with van der Waals surface area (Å²) in [4.78, 5) is 4.07. The van der Waals surface area contributed by atoms with Gasteiger partial charge in [0, 0.05) is 26.5 Å². The summed E-state index contributed by atoms with van der Waals surface area (Å²) in [5, 5.41) is 3.65. The number of hydrogen-bond donors (Lipinski definition) is 2. The molecule has 0 aliphatic carbocycles. The Kier molecular flexibility index (Phi) is 4.49. The normalized spacial score (nSPS) is 10.1. The lowest BCUT2D eigenvalue weighted by Crippen LogP contribution is -2.07. The summed E-state index contributed by atoms with van der Waals surface area (Å²) < 4.78 is 4.92. The van der Waals surface area contributed by atoms with Crippen molar-refractivity contribution >= 4 is 23.1 Å². The number of nitrogens with one attached hydrogen (secondary N) is 1. The molecule has 3 N–H and O–H groups in total. The van der Waals surface area contributed by atoms with Gasteiger partial charge in [-0.2, -0.15) is 0 Å². The van der Waals surface area contributed by atoms with Crippen molar-refractivity contribution in [1.82, 2.24) is 4.98 Å². The molecule has 0 atom stereocenters. The number of aromatic nitrogens is 1. The SMILES string of the molecule is COCCCNc1ncc(Cl)cc1N. The minimum absolute atomic E-state index is 0.546. The van der Waals surface area contributed by atoms with Crippen LogP contribution in [0.15, 0.2) is 12.3 Å². The van der Waals surface area contributed by atoms with Crippen LogP contribution in [0.25, 0.3) is 0 Å². The summed E-state index contributed by atoms with van der Waals surface area (Å²) in [5.41, 5.74) is 6.26. The molecule has 78 valence electrons. The van der Waals surface area contributed by atoms with E-state index in [0.29, 0.717) is 16.5 Å². The van der Waals surface area contributed by atoms with Crippen LogP contribution in [-0.4, -0.2) is 25.2 Å². The minimum atomic E-state index is 0.546. The van der Waals surface area contributed by atoms with Crippen LogP contribution in [0.5, 0.6) is 0 Å². The second-order valence-corrected chi connectivity index (χ2v) is 3.30. The molecule has 0 saturated heterocycles. The molecule has 1 aromatic heterocycles. The molecular weight excluding hydrogens is 202 g/mol. The Labute approximate surface area is 88.4 Å². The maximum absolute atomic E-state index is 5.71. The largest absolute Gasteiger partial charge is 0.396 e. The first-order chi connectivity index (χ1) is 6.74. The van der Waals surface area contributed by atoms with Gasteiger partial charge in [-0.05, 0) is 12.5 Å². The summed E-state index contributed by atoms with van der Waals surface area (Å²) in [7, 11) is 1.68. The highest BCUT2D eigenvalue weighted by molar-refractivity contribution is 6.30. The Balaban J connectivity index is 2.42. The van der Waals surface area contributed by atoms with E-state index >= 15 is 0 Å². The number of rotatable bonds is 5. The first-order valence-corrected chi connectivity index (χ1v) is 4.75. The maximum Gasteiger partial charge on any atom is 0.149 e. The Bertz CT molecular complexity index is 293. The van der Waals surface area contributed by atoms with Crippen molar-refractivity contribution in [1.29, 1.82) is 0 Å². The van der Waals surface area contributed by atoms with E-state index in [2.05, 4.69) is 10.3 Å². The van der Waals surface area contributed by atoms with Crippen molar-refractivity contribution < 1.29 is 4.74 Å². The summed E-state index contributed by atoms with van der Waals surface area (Å²) >= 11 is 5.71. The monoisotopic (exact) mass is 215 g/mol. The van der Waals surface area contributed by atoms with Crippen LogP contribution >= 0.6 is 11.6 Å². The van der Waals surface area contributed by atoms with Crippen LogP contribution in [0.1, 0.15) is 6.42 Å². The van der Waals surface area contributed by atoms with Crippen molar-refractivity contribution in [2.75, 3.05) is 31.3 Å². The van der Waals surface area contributed by atoms with Gasteiger partial charge in [0.2, 0.25) is 0 Å². The zero-order valence-electron chi connectivity index (χ0n) is 8.09. The Morgan fingerprint density at radius 3 is 3.07 bits per heavy atom. The highest BCUT2D eigenvalue weighted by Gasteiger charge is 1.99. The van der Waals surface area contributed by atoms with E-state index in [1.165, 1.54) is 0 Å². The third-order valence-corrected chi connectivity index (χ3v) is 1.91. The van der Waals surface area contributed by atoms with Gasteiger partial charge in [0.05, 0.1) is 10.7 Å². The summed E-state index contributed by atoms with van der Waals surface area (Å²) in [6.07, 6.45) is 2.48. The van der Waals surface area contributed by atoms with Crippen LogP contribution in [0.4, 0.5) is 11.5 Å². The van der Waals surface area contributed by atoms with Crippen LogP contribution in [-0.2, 0) is 4.74 Å². The number of methoxy groups -OCH3 is 1. The van der Waals surface area contributed by atoms with Crippen LogP contribution in [0, 0.1) is 0 Å². The zero-order chi connectivity index (χ0) is 10.4. The molecule has 0 unspecified atom stereocenters. The first-order valence-electron chi connectivity index (χ1n) is 4.38. The molecule has 0 fully saturated rings. The Morgan fingerprint density at radius 2 is 2.43 bits per heavy atom. The van der Waals surface area contributed by atoms with Gasteiger partial charge in [-0.1, -0.05) is 11.6 Å². The Morgan fingerprint density at radius 1 is 1.64 bits per heavy atom. The highest BCUT2D eigenvalue weighted by atomic mass is 35.5. The van der Waals surface area contributed by atoms with Gasteiger partial charge in [0.15, 0.2) is 0 Å². The molecule has 1 heterocycles. The minimum Gasteiger partial charge on any atom is -0.396 e. The topological polar surface area (TPSA) is 60.2 Å². The third-order valence-electron chi connectivity index (χ3n) is 1.70. The van der Waals surface area contributed by atoms with E-state index in [1.54, 1.807) is 19.4 Å². The maximum atomic E-state index is 5.71. The van der Waals surface area contributed by atoms with Gasteiger partial charge in [-0.15, -0.1) is 0 Å². The van der Waals surface area contributed by atoms with E-state index in [4.69, 9.17) is 22.1 Å². The smallest absolute Gasteiger partial charge is 0.149 e. The number of nitrogens with zero attached hydrogens (tertiary/aromatic N) is 1. The summed E-state index contributed by atoms with van der Waals surface area (Å²) in [6, 6.07) is 1.67.